The maximum absolute atomic E-state index is 14.3. The summed E-state index contributed by atoms with van der Waals surface area (Å²) in [6.45, 7) is 5.38. The van der Waals surface area contributed by atoms with E-state index < -0.39 is 29.3 Å². The molecule has 0 saturated carbocycles. The molecule has 10 nitrogen and oxygen atoms in total. The van der Waals surface area contributed by atoms with Crippen LogP contribution in [0.15, 0.2) is 94.9 Å². The summed E-state index contributed by atoms with van der Waals surface area (Å²) in [4.78, 5) is 60.2. The van der Waals surface area contributed by atoms with E-state index in [2.05, 4.69) is 9.98 Å². The number of hydrogen-bond acceptors (Lipinski definition) is 10. The van der Waals surface area contributed by atoms with Crippen LogP contribution in [0, 0.1) is 23.4 Å². The van der Waals surface area contributed by atoms with Gasteiger partial charge in [-0.25, -0.2) is 13.2 Å². The number of nitrogens with zero attached hydrogens (tertiary/aromatic N) is 2. The predicted octanol–water partition coefficient (Wildman–Crippen LogP) is 8.64. The molecule has 0 fully saturated rings. The van der Waals surface area contributed by atoms with Crippen LogP contribution in [0.25, 0.3) is 0 Å². The molecule has 0 saturated heterocycles. The van der Waals surface area contributed by atoms with E-state index in [4.69, 9.17) is 18.9 Å². The second-order valence-electron chi connectivity index (χ2n) is 16.4. The number of carbonyl (C=O) groups excluding carboxylic acids is 4. The van der Waals surface area contributed by atoms with Crippen molar-refractivity contribution in [3.05, 3.63) is 152 Å². The molecule has 0 N–H and O–H groups in total. The average Bonchev–Trinajstić information content (AvgIpc) is 3.69. The molecular formula is C51H45F3N2O8. The van der Waals surface area contributed by atoms with Gasteiger partial charge in [0.25, 0.3) is 0 Å². The molecule has 0 spiro atoms. The zero-order valence-electron chi connectivity index (χ0n) is 35.8. The number of ether oxygens (including phenoxy) is 4. The third-order valence-electron chi connectivity index (χ3n) is 11.6. The highest BCUT2D eigenvalue weighted by molar-refractivity contribution is 6.51. The molecule has 2 heterocycles. The topological polar surface area (TPSA) is 130 Å². The number of Topliss-reactive ketones (excluding diaryl/α,β-unsaturated/α-hetero) is 4. The Balaban J connectivity index is 0.000000176. The molecule has 0 bridgehead atoms. The third kappa shape index (κ3) is 8.84. The van der Waals surface area contributed by atoms with Gasteiger partial charge in [0, 0.05) is 72.5 Å². The van der Waals surface area contributed by atoms with Gasteiger partial charge in [-0.3, -0.25) is 29.2 Å². The van der Waals surface area contributed by atoms with Crippen LogP contribution in [0.1, 0.15) is 91.8 Å². The average molecular weight is 871 g/mol. The Labute approximate surface area is 368 Å². The first-order valence-corrected chi connectivity index (χ1v) is 21.1. The standard InChI is InChI=1S/C27H21F2NO4.C24H24FNO4/c1-30-25-20-6-5-16(23(31)10-15-3-2-4-18(28)9-15)12-21(20)22(26(25)32)13-17-11-19(29)14-24-27(17)34-8-7-33-24;1-13(2)8-20(27)14-4-5-17-18(10-14)19(23(28)22(17)26-3)11-15-9-16(25)12-21-24(15)30-7-6-29-21/h2-6,9,11-12,14,22H,7-8,10,13H2,1H3;4-5,9-10,12-13,19H,6-8,11H2,1-3H3. The Morgan fingerprint density at radius 3 is 1.56 bits per heavy atom. The van der Waals surface area contributed by atoms with Crippen LogP contribution in [0.2, 0.25) is 0 Å². The number of halogens is 3. The highest BCUT2D eigenvalue weighted by atomic mass is 19.1. The molecule has 0 aromatic heterocycles. The quantitative estimate of drug-likeness (QED) is 0.128. The molecule has 2 aliphatic carbocycles. The smallest absolute Gasteiger partial charge is 0.189 e. The van der Waals surface area contributed by atoms with Gasteiger partial charge in [0.2, 0.25) is 0 Å². The maximum Gasteiger partial charge on any atom is 0.189 e. The molecule has 5 aromatic rings. The number of ketones is 4. The highest BCUT2D eigenvalue weighted by Crippen LogP contribution is 2.43. The third-order valence-corrected chi connectivity index (χ3v) is 11.6. The summed E-state index contributed by atoms with van der Waals surface area (Å²) in [5, 5.41) is 0. The van der Waals surface area contributed by atoms with Crippen LogP contribution in [0.3, 0.4) is 0 Å². The summed E-state index contributed by atoms with van der Waals surface area (Å²) in [5.74, 6) is -1.17. The maximum atomic E-state index is 14.3. The summed E-state index contributed by atoms with van der Waals surface area (Å²) in [6, 6.07) is 21.6. The lowest BCUT2D eigenvalue weighted by atomic mass is 9.90. The van der Waals surface area contributed by atoms with Gasteiger partial charge < -0.3 is 18.9 Å². The first kappa shape index (κ1) is 43.7. The predicted molar refractivity (Wildman–Crippen MR) is 234 cm³/mol. The van der Waals surface area contributed by atoms with Crippen molar-refractivity contribution in [3.63, 3.8) is 0 Å². The minimum absolute atomic E-state index is 0.0342. The second-order valence-corrected chi connectivity index (χ2v) is 16.4. The number of fused-ring (bicyclic) bond motifs is 4. The van der Waals surface area contributed by atoms with E-state index in [9.17, 15) is 32.3 Å². The SMILES string of the molecule is CN=C1C(=O)C(Cc2cc(F)cc3c2OCCO3)c2cc(C(=O)CC(C)C)ccc21.CN=C1C(=O)C(Cc2cc(F)cc3c2OCCO3)c2cc(C(=O)Cc3cccc(F)c3)ccc21. The van der Waals surface area contributed by atoms with Crippen molar-refractivity contribution >= 4 is 34.6 Å². The molecule has 13 heteroatoms. The summed E-state index contributed by atoms with van der Waals surface area (Å²) >= 11 is 0. The Morgan fingerprint density at radius 2 is 1.09 bits per heavy atom. The van der Waals surface area contributed by atoms with Gasteiger partial charge in [0.15, 0.2) is 46.1 Å². The van der Waals surface area contributed by atoms with Crippen molar-refractivity contribution in [2.45, 2.75) is 51.4 Å². The zero-order valence-corrected chi connectivity index (χ0v) is 35.8. The Hall–Kier alpha value is -6.89. The minimum Gasteiger partial charge on any atom is -0.486 e. The molecule has 0 radical (unpaired) electrons. The van der Waals surface area contributed by atoms with Gasteiger partial charge in [-0.15, -0.1) is 0 Å². The zero-order chi connectivity index (χ0) is 45.2. The van der Waals surface area contributed by atoms with E-state index in [1.807, 2.05) is 13.8 Å². The van der Waals surface area contributed by atoms with E-state index in [-0.39, 0.29) is 48.3 Å². The molecule has 2 aliphatic heterocycles. The fraction of sp³-hybridized carbons (Fsp3) is 0.294. The molecule has 9 rings (SSSR count). The minimum atomic E-state index is -0.646. The van der Waals surface area contributed by atoms with Crippen LogP contribution >= 0.6 is 0 Å². The number of rotatable bonds is 10. The Bertz CT molecular complexity index is 2780. The van der Waals surface area contributed by atoms with E-state index in [1.54, 1.807) is 62.6 Å². The summed E-state index contributed by atoms with van der Waals surface area (Å²) in [6.07, 6.45) is 0.896. The lowest BCUT2D eigenvalue weighted by molar-refractivity contribution is -0.114. The van der Waals surface area contributed by atoms with Gasteiger partial charge in [-0.2, -0.15) is 0 Å². The van der Waals surface area contributed by atoms with Crippen molar-refractivity contribution in [2.75, 3.05) is 40.5 Å². The fourth-order valence-corrected chi connectivity index (χ4v) is 8.77. The molecule has 328 valence electrons. The molecule has 0 amide bonds. The van der Waals surface area contributed by atoms with Crippen molar-refractivity contribution in [2.24, 2.45) is 15.9 Å². The molecule has 64 heavy (non-hydrogen) atoms. The van der Waals surface area contributed by atoms with Crippen LogP contribution in [0.5, 0.6) is 23.0 Å². The van der Waals surface area contributed by atoms with Gasteiger partial charge in [-0.1, -0.05) is 50.2 Å². The van der Waals surface area contributed by atoms with E-state index in [0.29, 0.717) is 106 Å². The van der Waals surface area contributed by atoms with Crippen LogP contribution < -0.4 is 18.9 Å². The molecular weight excluding hydrogens is 826 g/mol. The first-order valence-electron chi connectivity index (χ1n) is 21.1. The van der Waals surface area contributed by atoms with Crippen LogP contribution in [-0.4, -0.2) is 75.1 Å². The number of hydrogen-bond donors (Lipinski definition) is 0. The second kappa shape index (κ2) is 18.4. The van der Waals surface area contributed by atoms with Gasteiger partial charge in [0.1, 0.15) is 55.3 Å². The van der Waals surface area contributed by atoms with E-state index in [0.717, 1.165) is 11.1 Å². The van der Waals surface area contributed by atoms with Crippen LogP contribution in [0.4, 0.5) is 13.2 Å². The Morgan fingerprint density at radius 1 is 0.609 bits per heavy atom. The van der Waals surface area contributed by atoms with Crippen molar-refractivity contribution in [3.8, 4) is 23.0 Å². The largest absolute Gasteiger partial charge is 0.486 e. The first-order chi connectivity index (χ1) is 30.8. The molecule has 2 atom stereocenters. The van der Waals surface area contributed by atoms with E-state index >= 15 is 0 Å². The van der Waals surface area contributed by atoms with Crippen molar-refractivity contribution in [1.82, 2.24) is 0 Å². The van der Waals surface area contributed by atoms with Crippen LogP contribution in [-0.2, 0) is 28.9 Å². The Kier molecular flexibility index (Phi) is 12.6. The normalized spacial score (nSPS) is 18.2. The van der Waals surface area contributed by atoms with Gasteiger partial charge in [0.05, 0.1) is 11.8 Å². The van der Waals surface area contributed by atoms with Gasteiger partial charge >= 0.3 is 0 Å². The van der Waals surface area contributed by atoms with Crippen molar-refractivity contribution < 1.29 is 51.3 Å². The fourth-order valence-electron chi connectivity index (χ4n) is 8.77. The van der Waals surface area contributed by atoms with Crippen molar-refractivity contribution in [1.29, 1.82) is 0 Å². The molecule has 4 aliphatic rings. The lowest BCUT2D eigenvalue weighted by Crippen LogP contribution is -2.19. The lowest BCUT2D eigenvalue weighted by Gasteiger charge is -2.22. The molecule has 5 aromatic carbocycles. The molecule has 2 unspecified atom stereocenters. The summed E-state index contributed by atoms with van der Waals surface area (Å²) in [5.41, 5.74) is 6.17. The van der Waals surface area contributed by atoms with Gasteiger partial charge in [-0.05, 0) is 71.8 Å². The number of benzene rings is 5. The number of aliphatic imine (C=N–C) groups is 2. The number of carbonyl (C=O) groups is 4. The summed E-state index contributed by atoms with van der Waals surface area (Å²) in [7, 11) is 3.13. The van der Waals surface area contributed by atoms with E-state index in [1.165, 1.54) is 36.4 Å². The monoisotopic (exact) mass is 870 g/mol. The highest BCUT2D eigenvalue weighted by Gasteiger charge is 2.39. The summed E-state index contributed by atoms with van der Waals surface area (Å²) < 4.78 is 64.4.